The van der Waals surface area contributed by atoms with Gasteiger partial charge >= 0.3 is 5.97 Å². The van der Waals surface area contributed by atoms with E-state index in [4.69, 9.17) is 14.6 Å². The predicted octanol–water partition coefficient (Wildman–Crippen LogP) is 3.02. The van der Waals surface area contributed by atoms with E-state index in [0.717, 1.165) is 21.0 Å². The Morgan fingerprint density at radius 1 is 1.22 bits per heavy atom. The monoisotopic (exact) mass is 264 g/mol. The molecule has 18 heavy (non-hydrogen) atoms. The molecule has 1 aromatic carbocycles. The third kappa shape index (κ3) is 2.46. The Morgan fingerprint density at radius 2 is 1.89 bits per heavy atom. The number of hydrogen-bond acceptors (Lipinski definition) is 4. The fourth-order valence-corrected chi connectivity index (χ4v) is 2.60. The van der Waals surface area contributed by atoms with Gasteiger partial charge in [0.1, 0.15) is 0 Å². The van der Waals surface area contributed by atoms with Crippen molar-refractivity contribution in [2.75, 3.05) is 14.2 Å². The van der Waals surface area contributed by atoms with Crippen molar-refractivity contribution in [1.29, 1.82) is 0 Å². The number of ether oxygens (including phenoxy) is 2. The summed E-state index contributed by atoms with van der Waals surface area (Å²) in [6.07, 6.45) is 2.70. The van der Waals surface area contributed by atoms with Crippen molar-refractivity contribution in [3.63, 3.8) is 0 Å². The van der Waals surface area contributed by atoms with Crippen LogP contribution in [0.4, 0.5) is 0 Å². The zero-order valence-electron chi connectivity index (χ0n) is 9.97. The number of carbonyl (C=O) groups is 1. The van der Waals surface area contributed by atoms with Gasteiger partial charge in [0.15, 0.2) is 11.5 Å². The molecule has 0 radical (unpaired) electrons. The fraction of sp³-hybridized carbons (Fsp3) is 0.154. The summed E-state index contributed by atoms with van der Waals surface area (Å²) >= 11 is 1.50. The van der Waals surface area contributed by atoms with Crippen molar-refractivity contribution < 1.29 is 19.4 Å². The van der Waals surface area contributed by atoms with Gasteiger partial charge in [-0.2, -0.15) is 0 Å². The minimum atomic E-state index is -0.956. The second-order valence-electron chi connectivity index (χ2n) is 3.57. The second kappa shape index (κ2) is 5.10. The van der Waals surface area contributed by atoms with Gasteiger partial charge in [0, 0.05) is 21.7 Å². The molecule has 1 heterocycles. The van der Waals surface area contributed by atoms with Gasteiger partial charge < -0.3 is 14.6 Å². The quantitative estimate of drug-likeness (QED) is 0.862. The van der Waals surface area contributed by atoms with E-state index in [0.29, 0.717) is 11.5 Å². The minimum absolute atomic E-state index is 0.663. The topological polar surface area (TPSA) is 55.8 Å². The van der Waals surface area contributed by atoms with Crippen LogP contribution in [0.1, 0.15) is 4.88 Å². The summed E-state index contributed by atoms with van der Waals surface area (Å²) in [5.41, 5.74) is 0. The number of methoxy groups -OCH3 is 2. The van der Waals surface area contributed by atoms with Gasteiger partial charge in [0.2, 0.25) is 0 Å². The van der Waals surface area contributed by atoms with Crippen LogP contribution in [0.15, 0.2) is 24.3 Å². The lowest BCUT2D eigenvalue weighted by Gasteiger charge is -2.06. The second-order valence-corrected chi connectivity index (χ2v) is 4.68. The molecule has 1 aromatic heterocycles. The van der Waals surface area contributed by atoms with E-state index in [1.807, 2.05) is 18.2 Å². The maximum atomic E-state index is 10.5. The molecule has 0 fully saturated rings. The maximum Gasteiger partial charge on any atom is 0.328 e. The first-order valence-electron chi connectivity index (χ1n) is 5.20. The highest BCUT2D eigenvalue weighted by Crippen LogP contribution is 2.36. The number of carboxylic acids is 1. The van der Waals surface area contributed by atoms with Gasteiger partial charge in [-0.1, -0.05) is 0 Å². The highest BCUT2D eigenvalue weighted by atomic mass is 32.1. The van der Waals surface area contributed by atoms with Gasteiger partial charge in [0.05, 0.1) is 14.2 Å². The third-order valence-electron chi connectivity index (χ3n) is 2.43. The number of fused-ring (bicyclic) bond motifs is 1. The van der Waals surface area contributed by atoms with Crippen molar-refractivity contribution in [3.05, 3.63) is 29.2 Å². The van der Waals surface area contributed by atoms with E-state index < -0.39 is 5.97 Å². The standard InChI is InChI=1S/C13H12O4S/c1-16-10-6-8-5-9(3-4-13(14)15)18-12(8)7-11(10)17-2/h3-7H,1-2H3,(H,14,15)/b4-3+. The molecule has 0 bridgehead atoms. The first-order chi connectivity index (χ1) is 8.63. The van der Waals surface area contributed by atoms with E-state index in [1.165, 1.54) is 11.3 Å². The van der Waals surface area contributed by atoms with Crippen LogP contribution in [0.5, 0.6) is 11.5 Å². The molecule has 0 aliphatic heterocycles. The third-order valence-corrected chi connectivity index (χ3v) is 3.49. The van der Waals surface area contributed by atoms with Gasteiger partial charge in [-0.3, -0.25) is 0 Å². The summed E-state index contributed by atoms with van der Waals surface area (Å²) in [5, 5.41) is 9.59. The Hall–Kier alpha value is -2.01. The molecule has 5 heteroatoms. The minimum Gasteiger partial charge on any atom is -0.493 e. The molecule has 0 aliphatic carbocycles. The molecule has 4 nitrogen and oxygen atoms in total. The molecule has 1 N–H and O–H groups in total. The highest BCUT2D eigenvalue weighted by Gasteiger charge is 2.08. The van der Waals surface area contributed by atoms with Crippen LogP contribution in [0.3, 0.4) is 0 Å². The molecule has 0 spiro atoms. The fourth-order valence-electron chi connectivity index (χ4n) is 1.62. The maximum absolute atomic E-state index is 10.5. The first kappa shape index (κ1) is 12.4. The van der Waals surface area contributed by atoms with Crippen LogP contribution in [0, 0.1) is 0 Å². The van der Waals surface area contributed by atoms with Crippen LogP contribution in [-0.4, -0.2) is 25.3 Å². The van der Waals surface area contributed by atoms with Crippen molar-refractivity contribution in [2.45, 2.75) is 0 Å². The lowest BCUT2D eigenvalue weighted by molar-refractivity contribution is -0.131. The van der Waals surface area contributed by atoms with E-state index in [9.17, 15) is 4.79 Å². The number of thiophene rings is 1. The molecule has 94 valence electrons. The number of carboxylic acid groups (broad SMARTS) is 1. The molecule has 0 amide bonds. The molecule has 0 saturated carbocycles. The Kier molecular flexibility index (Phi) is 3.53. The largest absolute Gasteiger partial charge is 0.493 e. The summed E-state index contributed by atoms with van der Waals surface area (Å²) in [5.74, 6) is 0.375. The summed E-state index contributed by atoms with van der Waals surface area (Å²) < 4.78 is 11.5. The normalized spacial score (nSPS) is 11.0. The molecular formula is C13H12O4S. The summed E-state index contributed by atoms with van der Waals surface area (Å²) in [6.45, 7) is 0. The smallest absolute Gasteiger partial charge is 0.328 e. The van der Waals surface area contributed by atoms with Gasteiger partial charge in [-0.15, -0.1) is 11.3 Å². The Bertz CT molecular complexity index is 572. The molecule has 2 rings (SSSR count). The highest BCUT2D eigenvalue weighted by molar-refractivity contribution is 7.19. The van der Waals surface area contributed by atoms with Crippen molar-refractivity contribution >= 4 is 33.5 Å². The van der Waals surface area contributed by atoms with E-state index in [2.05, 4.69) is 0 Å². The van der Waals surface area contributed by atoms with E-state index in [-0.39, 0.29) is 0 Å². The molecule has 0 unspecified atom stereocenters. The van der Waals surface area contributed by atoms with Crippen LogP contribution in [0.25, 0.3) is 16.2 Å². The van der Waals surface area contributed by atoms with Crippen LogP contribution >= 0.6 is 11.3 Å². The zero-order chi connectivity index (χ0) is 13.1. The zero-order valence-corrected chi connectivity index (χ0v) is 10.8. The van der Waals surface area contributed by atoms with Crippen LogP contribution in [-0.2, 0) is 4.79 Å². The number of rotatable bonds is 4. The van der Waals surface area contributed by atoms with E-state index >= 15 is 0 Å². The molecular weight excluding hydrogens is 252 g/mol. The molecule has 2 aromatic rings. The van der Waals surface area contributed by atoms with Gasteiger partial charge in [-0.05, 0) is 23.6 Å². The van der Waals surface area contributed by atoms with E-state index in [1.54, 1.807) is 20.3 Å². The average Bonchev–Trinajstić information content (AvgIpc) is 2.76. The average molecular weight is 264 g/mol. The molecule has 0 aliphatic rings. The summed E-state index contributed by atoms with van der Waals surface area (Å²) in [6, 6.07) is 5.68. The number of hydrogen-bond donors (Lipinski definition) is 1. The lowest BCUT2D eigenvalue weighted by Crippen LogP contribution is -1.89. The predicted molar refractivity (Wildman–Crippen MR) is 71.6 cm³/mol. The Morgan fingerprint density at radius 3 is 2.50 bits per heavy atom. The van der Waals surface area contributed by atoms with Crippen molar-refractivity contribution in [2.24, 2.45) is 0 Å². The lowest BCUT2D eigenvalue weighted by atomic mass is 10.2. The Balaban J connectivity index is 2.47. The van der Waals surface area contributed by atoms with Crippen molar-refractivity contribution in [1.82, 2.24) is 0 Å². The van der Waals surface area contributed by atoms with Crippen LogP contribution < -0.4 is 9.47 Å². The summed E-state index contributed by atoms with van der Waals surface area (Å²) in [7, 11) is 3.17. The van der Waals surface area contributed by atoms with Crippen LogP contribution in [0.2, 0.25) is 0 Å². The number of benzene rings is 1. The van der Waals surface area contributed by atoms with Gasteiger partial charge in [0.25, 0.3) is 0 Å². The van der Waals surface area contributed by atoms with Crippen molar-refractivity contribution in [3.8, 4) is 11.5 Å². The Labute approximate surface area is 108 Å². The first-order valence-corrected chi connectivity index (χ1v) is 6.02. The van der Waals surface area contributed by atoms with Gasteiger partial charge in [-0.25, -0.2) is 4.79 Å². The molecule has 0 atom stereocenters. The SMILES string of the molecule is COc1cc2cc(/C=C/C(=O)O)sc2cc1OC. The summed E-state index contributed by atoms with van der Waals surface area (Å²) in [4.78, 5) is 11.3. The molecule has 0 saturated heterocycles. The number of aliphatic carboxylic acids is 1.